The van der Waals surface area contributed by atoms with E-state index in [-0.39, 0.29) is 6.61 Å². The Morgan fingerprint density at radius 2 is 2.11 bits per heavy atom. The third-order valence-electron chi connectivity index (χ3n) is 3.57. The number of nitrogens with zero attached hydrogens (tertiary/aromatic N) is 1. The Balaban J connectivity index is 2.21. The standard InChI is InChI=1S/C16H26N2O/c1-12(2)17-11-14-10-13(3)4-7-16(14)18(8-9-19)15-5-6-15/h4,7,10,12,15,17,19H,5-6,8-9,11H2,1-3H3. The maximum atomic E-state index is 9.28. The lowest BCUT2D eigenvalue weighted by Crippen LogP contribution is -2.31. The molecule has 1 aliphatic rings. The van der Waals surface area contributed by atoms with Crippen LogP contribution >= 0.6 is 0 Å². The minimum Gasteiger partial charge on any atom is -0.395 e. The van der Waals surface area contributed by atoms with Crippen molar-refractivity contribution < 1.29 is 5.11 Å². The van der Waals surface area contributed by atoms with Gasteiger partial charge in [0.1, 0.15) is 0 Å². The van der Waals surface area contributed by atoms with Gasteiger partial charge in [0, 0.05) is 30.9 Å². The summed E-state index contributed by atoms with van der Waals surface area (Å²) in [7, 11) is 0. The SMILES string of the molecule is Cc1ccc(N(CCO)C2CC2)c(CNC(C)C)c1. The normalized spacial score (nSPS) is 15.0. The molecule has 3 heteroatoms. The van der Waals surface area contributed by atoms with Crippen molar-refractivity contribution in [2.24, 2.45) is 0 Å². The summed E-state index contributed by atoms with van der Waals surface area (Å²) in [5.41, 5.74) is 3.92. The van der Waals surface area contributed by atoms with E-state index in [2.05, 4.69) is 49.2 Å². The van der Waals surface area contributed by atoms with Crippen LogP contribution in [0.1, 0.15) is 37.8 Å². The molecule has 0 aliphatic heterocycles. The van der Waals surface area contributed by atoms with Crippen LogP contribution in [0.5, 0.6) is 0 Å². The third-order valence-corrected chi connectivity index (χ3v) is 3.57. The molecule has 19 heavy (non-hydrogen) atoms. The van der Waals surface area contributed by atoms with Crippen LogP contribution in [0.3, 0.4) is 0 Å². The zero-order valence-corrected chi connectivity index (χ0v) is 12.3. The molecule has 1 aromatic rings. The molecule has 0 unspecified atom stereocenters. The van der Waals surface area contributed by atoms with Crippen LogP contribution in [-0.4, -0.2) is 30.3 Å². The maximum absolute atomic E-state index is 9.28. The van der Waals surface area contributed by atoms with Crippen molar-refractivity contribution in [3.05, 3.63) is 29.3 Å². The van der Waals surface area contributed by atoms with Gasteiger partial charge in [-0.2, -0.15) is 0 Å². The molecule has 0 spiro atoms. The van der Waals surface area contributed by atoms with Gasteiger partial charge in [-0.15, -0.1) is 0 Å². The maximum Gasteiger partial charge on any atom is 0.0606 e. The highest BCUT2D eigenvalue weighted by atomic mass is 16.3. The van der Waals surface area contributed by atoms with Crippen molar-refractivity contribution in [2.75, 3.05) is 18.1 Å². The quantitative estimate of drug-likeness (QED) is 0.792. The molecule has 0 heterocycles. The van der Waals surface area contributed by atoms with E-state index in [1.54, 1.807) is 0 Å². The molecule has 0 amide bonds. The van der Waals surface area contributed by atoms with Crippen LogP contribution in [0, 0.1) is 6.92 Å². The summed E-state index contributed by atoms with van der Waals surface area (Å²) < 4.78 is 0. The Morgan fingerprint density at radius 1 is 1.37 bits per heavy atom. The molecule has 3 nitrogen and oxygen atoms in total. The number of hydrogen-bond acceptors (Lipinski definition) is 3. The molecule has 0 radical (unpaired) electrons. The Labute approximate surface area is 116 Å². The van der Waals surface area contributed by atoms with Gasteiger partial charge in [-0.3, -0.25) is 0 Å². The Morgan fingerprint density at radius 3 is 2.68 bits per heavy atom. The molecule has 1 saturated carbocycles. The largest absolute Gasteiger partial charge is 0.395 e. The topological polar surface area (TPSA) is 35.5 Å². The average molecular weight is 262 g/mol. The predicted molar refractivity (Wildman–Crippen MR) is 80.6 cm³/mol. The average Bonchev–Trinajstić information content (AvgIpc) is 3.18. The summed E-state index contributed by atoms with van der Waals surface area (Å²) in [4.78, 5) is 2.37. The van der Waals surface area contributed by atoms with Gasteiger partial charge < -0.3 is 15.3 Å². The van der Waals surface area contributed by atoms with Crippen LogP contribution in [0.15, 0.2) is 18.2 Å². The van der Waals surface area contributed by atoms with E-state index in [9.17, 15) is 5.11 Å². The highest BCUT2D eigenvalue weighted by Gasteiger charge is 2.29. The fourth-order valence-corrected chi connectivity index (χ4v) is 2.44. The van der Waals surface area contributed by atoms with Gasteiger partial charge >= 0.3 is 0 Å². The lowest BCUT2D eigenvalue weighted by Gasteiger charge is -2.27. The first-order chi connectivity index (χ1) is 9.11. The van der Waals surface area contributed by atoms with Crippen LogP contribution in [0.25, 0.3) is 0 Å². The monoisotopic (exact) mass is 262 g/mol. The molecule has 2 N–H and O–H groups in total. The summed E-state index contributed by atoms with van der Waals surface area (Å²) >= 11 is 0. The minimum absolute atomic E-state index is 0.224. The fraction of sp³-hybridized carbons (Fsp3) is 0.625. The van der Waals surface area contributed by atoms with Crippen molar-refractivity contribution >= 4 is 5.69 Å². The molecular weight excluding hydrogens is 236 g/mol. The Bertz CT molecular complexity index is 413. The second-order valence-electron chi connectivity index (χ2n) is 5.82. The van der Waals surface area contributed by atoms with E-state index in [4.69, 9.17) is 0 Å². The van der Waals surface area contributed by atoms with E-state index in [0.29, 0.717) is 12.1 Å². The fourth-order valence-electron chi connectivity index (χ4n) is 2.44. The lowest BCUT2D eigenvalue weighted by atomic mass is 10.1. The molecule has 0 aromatic heterocycles. The van der Waals surface area contributed by atoms with E-state index in [1.807, 2.05) is 0 Å². The number of aliphatic hydroxyl groups is 1. The number of aliphatic hydroxyl groups excluding tert-OH is 1. The second-order valence-corrected chi connectivity index (χ2v) is 5.82. The number of benzene rings is 1. The van der Waals surface area contributed by atoms with Gasteiger partial charge in [-0.1, -0.05) is 31.5 Å². The van der Waals surface area contributed by atoms with Gasteiger partial charge in [0.15, 0.2) is 0 Å². The molecule has 106 valence electrons. The van der Waals surface area contributed by atoms with Gasteiger partial charge in [0.2, 0.25) is 0 Å². The van der Waals surface area contributed by atoms with Crippen molar-refractivity contribution in [2.45, 2.75) is 52.2 Å². The number of rotatable bonds is 7. The minimum atomic E-state index is 0.224. The van der Waals surface area contributed by atoms with Crippen LogP contribution in [-0.2, 0) is 6.54 Å². The summed E-state index contributed by atoms with van der Waals surface area (Å²) in [5, 5.41) is 12.8. The molecule has 0 atom stereocenters. The highest BCUT2D eigenvalue weighted by molar-refractivity contribution is 5.56. The smallest absolute Gasteiger partial charge is 0.0606 e. The van der Waals surface area contributed by atoms with Crippen molar-refractivity contribution in [3.63, 3.8) is 0 Å². The Hall–Kier alpha value is -1.06. The zero-order valence-electron chi connectivity index (χ0n) is 12.3. The van der Waals surface area contributed by atoms with Gasteiger partial charge in [0.05, 0.1) is 6.61 Å². The summed E-state index contributed by atoms with van der Waals surface area (Å²) in [6, 6.07) is 7.76. The second kappa shape index (κ2) is 6.40. The molecular formula is C16H26N2O. The molecule has 1 aromatic carbocycles. The van der Waals surface area contributed by atoms with Crippen molar-refractivity contribution in [3.8, 4) is 0 Å². The number of anilines is 1. The molecule has 1 aliphatic carbocycles. The first-order valence-electron chi connectivity index (χ1n) is 7.32. The zero-order chi connectivity index (χ0) is 13.8. The van der Waals surface area contributed by atoms with Crippen LogP contribution < -0.4 is 10.2 Å². The van der Waals surface area contributed by atoms with Crippen LogP contribution in [0.4, 0.5) is 5.69 Å². The summed E-state index contributed by atoms with van der Waals surface area (Å²) in [6.07, 6.45) is 2.51. The number of hydrogen-bond donors (Lipinski definition) is 2. The summed E-state index contributed by atoms with van der Waals surface area (Å²) in [6.45, 7) is 8.33. The molecule has 2 rings (SSSR count). The van der Waals surface area contributed by atoms with E-state index in [0.717, 1.165) is 13.1 Å². The van der Waals surface area contributed by atoms with Gasteiger partial charge in [0.25, 0.3) is 0 Å². The predicted octanol–water partition coefficient (Wildman–Crippen LogP) is 2.45. The van der Waals surface area contributed by atoms with Crippen LogP contribution in [0.2, 0.25) is 0 Å². The lowest BCUT2D eigenvalue weighted by molar-refractivity contribution is 0.301. The Kier molecular flexibility index (Phi) is 4.83. The molecule has 0 saturated heterocycles. The first kappa shape index (κ1) is 14.4. The number of nitrogens with one attached hydrogen (secondary N) is 1. The van der Waals surface area contributed by atoms with Crippen molar-refractivity contribution in [1.82, 2.24) is 5.32 Å². The van der Waals surface area contributed by atoms with Gasteiger partial charge in [-0.05, 0) is 31.4 Å². The molecule has 0 bridgehead atoms. The van der Waals surface area contributed by atoms with E-state index < -0.39 is 0 Å². The van der Waals surface area contributed by atoms with Gasteiger partial charge in [-0.25, -0.2) is 0 Å². The van der Waals surface area contributed by atoms with E-state index in [1.165, 1.54) is 29.7 Å². The number of aryl methyl sites for hydroxylation is 1. The third kappa shape index (κ3) is 3.95. The van der Waals surface area contributed by atoms with Crippen molar-refractivity contribution in [1.29, 1.82) is 0 Å². The molecule has 1 fully saturated rings. The highest BCUT2D eigenvalue weighted by Crippen LogP contribution is 2.33. The first-order valence-corrected chi connectivity index (χ1v) is 7.32. The van der Waals surface area contributed by atoms with E-state index >= 15 is 0 Å². The summed E-state index contributed by atoms with van der Waals surface area (Å²) in [5.74, 6) is 0.